The molecule has 0 saturated heterocycles. The SMILES string of the molecule is CCOC(=O)C(=O)OC1CC1. The number of ether oxygens (including phenoxy) is 2. The number of hydrogen-bond acceptors (Lipinski definition) is 4. The maximum Gasteiger partial charge on any atom is 0.417 e. The van der Waals surface area contributed by atoms with Crippen molar-refractivity contribution in [1.29, 1.82) is 0 Å². The van der Waals surface area contributed by atoms with Crippen molar-refractivity contribution < 1.29 is 19.1 Å². The molecule has 4 heteroatoms. The van der Waals surface area contributed by atoms with Crippen molar-refractivity contribution in [3.05, 3.63) is 0 Å². The van der Waals surface area contributed by atoms with Crippen LogP contribution in [0.1, 0.15) is 19.8 Å². The van der Waals surface area contributed by atoms with E-state index in [9.17, 15) is 9.59 Å². The molecule has 4 nitrogen and oxygen atoms in total. The largest absolute Gasteiger partial charge is 0.458 e. The van der Waals surface area contributed by atoms with E-state index < -0.39 is 11.9 Å². The van der Waals surface area contributed by atoms with Gasteiger partial charge in [-0.3, -0.25) is 0 Å². The lowest BCUT2D eigenvalue weighted by molar-refractivity contribution is -0.168. The highest BCUT2D eigenvalue weighted by Crippen LogP contribution is 2.23. The Kier molecular flexibility index (Phi) is 2.46. The summed E-state index contributed by atoms with van der Waals surface area (Å²) in [6.45, 7) is 1.85. The van der Waals surface area contributed by atoms with Crippen molar-refractivity contribution in [3.63, 3.8) is 0 Å². The second-order valence-corrected chi connectivity index (χ2v) is 2.33. The molecule has 0 aromatic rings. The van der Waals surface area contributed by atoms with Crippen LogP contribution in [0.3, 0.4) is 0 Å². The molecule has 1 aliphatic rings. The second-order valence-electron chi connectivity index (χ2n) is 2.33. The molecule has 0 aliphatic heterocycles. The molecular formula is C7H10O4. The van der Waals surface area contributed by atoms with Crippen LogP contribution in [0.15, 0.2) is 0 Å². The summed E-state index contributed by atoms with van der Waals surface area (Å²) in [5.74, 6) is -1.76. The van der Waals surface area contributed by atoms with Gasteiger partial charge in [0.2, 0.25) is 0 Å². The van der Waals surface area contributed by atoms with Crippen molar-refractivity contribution in [2.75, 3.05) is 6.61 Å². The van der Waals surface area contributed by atoms with Crippen LogP contribution >= 0.6 is 0 Å². The van der Waals surface area contributed by atoms with Crippen LogP contribution in [0.25, 0.3) is 0 Å². The summed E-state index contributed by atoms with van der Waals surface area (Å²) < 4.78 is 9.08. The van der Waals surface area contributed by atoms with Gasteiger partial charge < -0.3 is 9.47 Å². The summed E-state index contributed by atoms with van der Waals surface area (Å²) in [5, 5.41) is 0. The maximum absolute atomic E-state index is 10.7. The first-order valence-electron chi connectivity index (χ1n) is 3.61. The first-order chi connectivity index (χ1) is 5.24. The first-order valence-corrected chi connectivity index (χ1v) is 3.61. The molecule has 0 spiro atoms. The molecule has 62 valence electrons. The van der Waals surface area contributed by atoms with Crippen LogP contribution < -0.4 is 0 Å². The highest BCUT2D eigenvalue weighted by Gasteiger charge is 2.29. The molecule has 1 saturated carbocycles. The molecular weight excluding hydrogens is 148 g/mol. The second kappa shape index (κ2) is 3.37. The number of hydrogen-bond donors (Lipinski definition) is 0. The first kappa shape index (κ1) is 8.04. The van der Waals surface area contributed by atoms with Gasteiger partial charge in [0.25, 0.3) is 0 Å². The van der Waals surface area contributed by atoms with Gasteiger partial charge in [-0.15, -0.1) is 0 Å². The van der Waals surface area contributed by atoms with E-state index >= 15 is 0 Å². The molecule has 0 aromatic carbocycles. The predicted octanol–water partition coefficient (Wildman–Crippen LogP) is 0.255. The van der Waals surface area contributed by atoms with Gasteiger partial charge in [-0.05, 0) is 19.8 Å². The molecule has 0 amide bonds. The number of esters is 2. The summed E-state index contributed by atoms with van der Waals surface area (Å²) in [4.78, 5) is 21.3. The summed E-state index contributed by atoms with van der Waals surface area (Å²) in [5.41, 5.74) is 0. The van der Waals surface area contributed by atoms with Crippen molar-refractivity contribution in [2.24, 2.45) is 0 Å². The smallest absolute Gasteiger partial charge is 0.417 e. The molecule has 0 atom stereocenters. The minimum atomic E-state index is -0.889. The van der Waals surface area contributed by atoms with Gasteiger partial charge in [0.1, 0.15) is 6.10 Å². The Morgan fingerprint density at radius 2 is 2.00 bits per heavy atom. The third-order valence-corrected chi connectivity index (χ3v) is 1.24. The summed E-state index contributed by atoms with van der Waals surface area (Å²) in [6, 6.07) is 0. The normalized spacial score (nSPS) is 15.7. The van der Waals surface area contributed by atoms with E-state index in [1.54, 1.807) is 6.92 Å². The number of carbonyl (C=O) groups is 2. The number of rotatable bonds is 2. The summed E-state index contributed by atoms with van der Waals surface area (Å²) in [6.07, 6.45) is 1.70. The minimum absolute atomic E-state index is 0.0353. The molecule has 0 unspecified atom stereocenters. The molecule has 0 N–H and O–H groups in total. The Morgan fingerprint density at radius 1 is 1.36 bits per heavy atom. The van der Waals surface area contributed by atoms with Crippen molar-refractivity contribution >= 4 is 11.9 Å². The Labute approximate surface area is 64.5 Å². The zero-order chi connectivity index (χ0) is 8.27. The van der Waals surface area contributed by atoms with E-state index in [4.69, 9.17) is 0 Å². The van der Waals surface area contributed by atoms with Crippen LogP contribution in [0, 0.1) is 0 Å². The van der Waals surface area contributed by atoms with Gasteiger partial charge in [0.15, 0.2) is 0 Å². The van der Waals surface area contributed by atoms with Crippen LogP contribution in [0.4, 0.5) is 0 Å². The maximum atomic E-state index is 10.7. The lowest BCUT2D eigenvalue weighted by Gasteiger charge is -2.00. The van der Waals surface area contributed by atoms with E-state index in [1.165, 1.54) is 0 Å². The van der Waals surface area contributed by atoms with Gasteiger partial charge in [-0.25, -0.2) is 9.59 Å². The van der Waals surface area contributed by atoms with E-state index in [0.717, 1.165) is 12.8 Å². The van der Waals surface area contributed by atoms with Crippen LogP contribution in [-0.2, 0) is 19.1 Å². The van der Waals surface area contributed by atoms with Crippen molar-refractivity contribution in [3.8, 4) is 0 Å². The van der Waals surface area contributed by atoms with Crippen LogP contribution in [0.2, 0.25) is 0 Å². The van der Waals surface area contributed by atoms with Gasteiger partial charge in [0.05, 0.1) is 6.61 Å². The topological polar surface area (TPSA) is 52.6 Å². The summed E-state index contributed by atoms with van der Waals surface area (Å²) >= 11 is 0. The van der Waals surface area contributed by atoms with Crippen LogP contribution in [0.5, 0.6) is 0 Å². The Hall–Kier alpha value is -1.06. The Bertz CT molecular complexity index is 171. The van der Waals surface area contributed by atoms with E-state index in [2.05, 4.69) is 9.47 Å². The standard InChI is InChI=1S/C7H10O4/c1-2-10-6(8)7(9)11-5-3-4-5/h5H,2-4H2,1H3. The quantitative estimate of drug-likeness (QED) is 0.427. The van der Waals surface area contributed by atoms with Gasteiger partial charge >= 0.3 is 11.9 Å². The molecule has 0 aromatic heterocycles. The highest BCUT2D eigenvalue weighted by molar-refractivity contribution is 6.29. The van der Waals surface area contributed by atoms with E-state index in [0.29, 0.717) is 0 Å². The lowest BCUT2D eigenvalue weighted by Crippen LogP contribution is -2.20. The lowest BCUT2D eigenvalue weighted by atomic mass is 10.6. The fourth-order valence-electron chi connectivity index (χ4n) is 0.575. The van der Waals surface area contributed by atoms with Crippen molar-refractivity contribution in [1.82, 2.24) is 0 Å². The Balaban J connectivity index is 2.21. The molecule has 1 rings (SSSR count). The third kappa shape index (κ3) is 2.57. The molecule has 0 radical (unpaired) electrons. The number of carbonyl (C=O) groups excluding carboxylic acids is 2. The monoisotopic (exact) mass is 158 g/mol. The molecule has 1 aliphatic carbocycles. The fourth-order valence-corrected chi connectivity index (χ4v) is 0.575. The third-order valence-electron chi connectivity index (χ3n) is 1.24. The average Bonchev–Trinajstić information content (AvgIpc) is 2.72. The van der Waals surface area contributed by atoms with E-state index in [1.807, 2.05) is 0 Å². The molecule has 0 bridgehead atoms. The zero-order valence-electron chi connectivity index (χ0n) is 6.33. The Morgan fingerprint density at radius 3 is 2.45 bits per heavy atom. The molecule has 11 heavy (non-hydrogen) atoms. The van der Waals surface area contributed by atoms with Gasteiger partial charge in [0, 0.05) is 0 Å². The van der Waals surface area contributed by atoms with Gasteiger partial charge in [-0.2, -0.15) is 0 Å². The average molecular weight is 158 g/mol. The predicted molar refractivity (Wildman–Crippen MR) is 35.7 cm³/mol. The van der Waals surface area contributed by atoms with Gasteiger partial charge in [-0.1, -0.05) is 0 Å². The highest BCUT2D eigenvalue weighted by atomic mass is 16.6. The van der Waals surface area contributed by atoms with Crippen molar-refractivity contribution in [2.45, 2.75) is 25.9 Å². The van der Waals surface area contributed by atoms with E-state index in [-0.39, 0.29) is 12.7 Å². The fraction of sp³-hybridized carbons (Fsp3) is 0.714. The minimum Gasteiger partial charge on any atom is -0.458 e. The van der Waals surface area contributed by atoms with Crippen LogP contribution in [-0.4, -0.2) is 24.6 Å². The zero-order valence-corrected chi connectivity index (χ0v) is 6.33. The summed E-state index contributed by atoms with van der Waals surface area (Å²) in [7, 11) is 0. The molecule has 0 heterocycles. The molecule has 1 fully saturated rings.